The molecule has 1 N–H and O–H groups in total. The van der Waals surface area contributed by atoms with Crippen molar-refractivity contribution in [3.05, 3.63) is 78.4 Å². The van der Waals surface area contributed by atoms with Crippen LogP contribution in [0.5, 0.6) is 0 Å². The van der Waals surface area contributed by atoms with E-state index in [0.717, 1.165) is 26.9 Å². The van der Waals surface area contributed by atoms with E-state index in [-0.39, 0.29) is 18.4 Å². The molecule has 2 amide bonds. The smallest absolute Gasteiger partial charge is 0.244 e. The van der Waals surface area contributed by atoms with Gasteiger partial charge in [-0.15, -0.1) is 0 Å². The summed E-state index contributed by atoms with van der Waals surface area (Å²) in [5, 5.41) is 4.47. The molecule has 0 aliphatic heterocycles. The molecule has 35 heavy (non-hydrogen) atoms. The van der Waals surface area contributed by atoms with Crippen LogP contribution in [-0.4, -0.2) is 50.5 Å². The lowest BCUT2D eigenvalue weighted by Gasteiger charge is -2.32. The average Bonchev–Trinajstić information content (AvgIpc) is 2.83. The molecule has 0 aliphatic carbocycles. The van der Waals surface area contributed by atoms with Crippen molar-refractivity contribution < 1.29 is 18.0 Å². The van der Waals surface area contributed by atoms with Crippen LogP contribution in [0.4, 0.5) is 5.69 Å². The molecule has 0 aromatic heterocycles. The van der Waals surface area contributed by atoms with E-state index in [4.69, 9.17) is 0 Å². The highest BCUT2D eigenvalue weighted by Crippen LogP contribution is 2.28. The minimum Gasteiger partial charge on any atom is -0.354 e. The zero-order valence-electron chi connectivity index (χ0n) is 20.6. The maximum Gasteiger partial charge on any atom is 0.244 e. The largest absolute Gasteiger partial charge is 0.354 e. The third-order valence-corrected chi connectivity index (χ3v) is 6.89. The molecule has 3 aromatic rings. The van der Waals surface area contributed by atoms with Gasteiger partial charge in [0.05, 0.1) is 11.9 Å². The summed E-state index contributed by atoms with van der Waals surface area (Å²) in [6.45, 7) is 5.91. The Morgan fingerprint density at radius 3 is 2.17 bits per heavy atom. The third-order valence-electron chi connectivity index (χ3n) is 5.76. The summed E-state index contributed by atoms with van der Waals surface area (Å²) >= 11 is 0. The Labute approximate surface area is 207 Å². The number of sulfonamides is 1. The normalized spacial score (nSPS) is 12.4. The van der Waals surface area contributed by atoms with Crippen molar-refractivity contribution in [2.24, 2.45) is 5.92 Å². The molecular weight excluding hydrogens is 462 g/mol. The predicted molar refractivity (Wildman–Crippen MR) is 140 cm³/mol. The van der Waals surface area contributed by atoms with Gasteiger partial charge < -0.3 is 10.2 Å². The second-order valence-electron chi connectivity index (χ2n) is 9.09. The lowest BCUT2D eigenvalue weighted by molar-refractivity contribution is -0.139. The Morgan fingerprint density at radius 2 is 1.51 bits per heavy atom. The fraction of sp³-hybridized carbons (Fsp3) is 0.333. The van der Waals surface area contributed by atoms with Crippen molar-refractivity contribution in [3.63, 3.8) is 0 Å². The zero-order valence-corrected chi connectivity index (χ0v) is 21.5. The number of benzene rings is 3. The fourth-order valence-electron chi connectivity index (χ4n) is 3.84. The van der Waals surface area contributed by atoms with Crippen LogP contribution < -0.4 is 9.62 Å². The first-order valence-electron chi connectivity index (χ1n) is 11.6. The summed E-state index contributed by atoms with van der Waals surface area (Å²) in [6.07, 6.45) is 1.09. The second kappa shape index (κ2) is 11.4. The molecule has 0 bridgehead atoms. The van der Waals surface area contributed by atoms with Gasteiger partial charge in [-0.2, -0.15) is 0 Å². The van der Waals surface area contributed by atoms with E-state index in [9.17, 15) is 18.0 Å². The number of rotatable bonds is 10. The van der Waals surface area contributed by atoms with Crippen LogP contribution in [0.25, 0.3) is 10.8 Å². The van der Waals surface area contributed by atoms with Crippen molar-refractivity contribution in [2.45, 2.75) is 33.4 Å². The van der Waals surface area contributed by atoms with Gasteiger partial charge >= 0.3 is 0 Å². The summed E-state index contributed by atoms with van der Waals surface area (Å²) in [6, 6.07) is 21.3. The third kappa shape index (κ3) is 6.82. The van der Waals surface area contributed by atoms with Gasteiger partial charge in [-0.3, -0.25) is 13.9 Å². The number of nitrogens with one attached hydrogen (secondary N) is 1. The van der Waals surface area contributed by atoms with Gasteiger partial charge in [0.15, 0.2) is 0 Å². The van der Waals surface area contributed by atoms with Crippen molar-refractivity contribution in [1.29, 1.82) is 0 Å². The van der Waals surface area contributed by atoms with Crippen LogP contribution >= 0.6 is 0 Å². The maximum atomic E-state index is 13.6. The Kier molecular flexibility index (Phi) is 8.51. The number of amides is 2. The van der Waals surface area contributed by atoms with Crippen LogP contribution in [0.3, 0.4) is 0 Å². The molecule has 3 aromatic carbocycles. The van der Waals surface area contributed by atoms with Gasteiger partial charge in [-0.25, -0.2) is 8.42 Å². The lowest BCUT2D eigenvalue weighted by atomic mass is 10.1. The van der Waals surface area contributed by atoms with E-state index in [1.54, 1.807) is 19.1 Å². The van der Waals surface area contributed by atoms with Crippen LogP contribution in [0.2, 0.25) is 0 Å². The Morgan fingerprint density at radius 1 is 0.886 bits per heavy atom. The Hall–Kier alpha value is -3.39. The number of carbonyl (C=O) groups is 2. The molecule has 0 fully saturated rings. The summed E-state index contributed by atoms with van der Waals surface area (Å²) < 4.78 is 26.8. The van der Waals surface area contributed by atoms with E-state index in [2.05, 4.69) is 5.32 Å². The standard InChI is InChI=1S/C27H33N3O4S/c1-20(2)17-28-27(32)21(3)29(18-22-11-6-5-7-12-22)26(31)19-30(35(4,33)34)25-16-10-14-23-13-8-9-15-24(23)25/h5-16,20-21H,17-19H2,1-4H3,(H,28,32)/t21-/m1/s1. The molecule has 3 rings (SSSR count). The van der Waals surface area contributed by atoms with Gasteiger partial charge in [-0.1, -0.05) is 80.6 Å². The second-order valence-corrected chi connectivity index (χ2v) is 11.0. The highest BCUT2D eigenvalue weighted by molar-refractivity contribution is 7.92. The van der Waals surface area contributed by atoms with E-state index in [1.165, 1.54) is 4.90 Å². The fourth-order valence-corrected chi connectivity index (χ4v) is 4.70. The summed E-state index contributed by atoms with van der Waals surface area (Å²) in [5.41, 5.74) is 1.27. The molecule has 0 spiro atoms. The van der Waals surface area contributed by atoms with Crippen LogP contribution in [-0.2, 0) is 26.2 Å². The molecule has 0 radical (unpaired) electrons. The van der Waals surface area contributed by atoms with E-state index in [0.29, 0.717) is 12.2 Å². The highest BCUT2D eigenvalue weighted by atomic mass is 32.2. The number of nitrogens with zero attached hydrogens (tertiary/aromatic N) is 2. The molecule has 8 heteroatoms. The first-order valence-corrected chi connectivity index (χ1v) is 13.5. The molecule has 186 valence electrons. The van der Waals surface area contributed by atoms with Gasteiger partial charge in [0, 0.05) is 18.5 Å². The molecule has 7 nitrogen and oxygen atoms in total. The minimum atomic E-state index is -3.79. The zero-order chi connectivity index (χ0) is 25.6. The van der Waals surface area contributed by atoms with Crippen LogP contribution in [0, 0.1) is 5.92 Å². The number of carbonyl (C=O) groups excluding carboxylic acids is 2. The van der Waals surface area contributed by atoms with Crippen molar-refractivity contribution in [3.8, 4) is 0 Å². The molecule has 0 saturated carbocycles. The Balaban J connectivity index is 1.95. The topological polar surface area (TPSA) is 86.8 Å². The SMILES string of the molecule is CC(C)CNC(=O)[C@@H](C)N(Cc1ccccc1)C(=O)CN(c1cccc2ccccc12)S(C)(=O)=O. The van der Waals surface area contributed by atoms with Crippen molar-refractivity contribution in [2.75, 3.05) is 23.7 Å². The molecule has 0 saturated heterocycles. The first kappa shape index (κ1) is 26.2. The summed E-state index contributed by atoms with van der Waals surface area (Å²) in [4.78, 5) is 28.0. The van der Waals surface area contributed by atoms with Crippen molar-refractivity contribution >= 4 is 38.3 Å². The van der Waals surface area contributed by atoms with Gasteiger partial charge in [0.2, 0.25) is 21.8 Å². The number of hydrogen-bond donors (Lipinski definition) is 1. The Bertz CT molecular complexity index is 1270. The van der Waals surface area contributed by atoms with Crippen molar-refractivity contribution in [1.82, 2.24) is 10.2 Å². The number of anilines is 1. The predicted octanol–water partition coefficient (Wildman–Crippen LogP) is 3.80. The maximum absolute atomic E-state index is 13.6. The monoisotopic (exact) mass is 495 g/mol. The van der Waals surface area contributed by atoms with E-state index >= 15 is 0 Å². The van der Waals surface area contributed by atoms with Crippen LogP contribution in [0.1, 0.15) is 26.3 Å². The molecule has 0 unspecified atom stereocenters. The van der Waals surface area contributed by atoms with E-state index < -0.39 is 28.5 Å². The van der Waals surface area contributed by atoms with Gasteiger partial charge in [0.25, 0.3) is 0 Å². The van der Waals surface area contributed by atoms with Gasteiger partial charge in [0.1, 0.15) is 12.6 Å². The van der Waals surface area contributed by atoms with Gasteiger partial charge in [-0.05, 0) is 29.9 Å². The minimum absolute atomic E-state index is 0.184. The average molecular weight is 496 g/mol. The molecule has 0 aliphatic rings. The van der Waals surface area contributed by atoms with E-state index in [1.807, 2.05) is 74.5 Å². The summed E-state index contributed by atoms with van der Waals surface area (Å²) in [7, 11) is -3.79. The molecule has 0 heterocycles. The molecular formula is C27H33N3O4S. The van der Waals surface area contributed by atoms with Crippen LogP contribution in [0.15, 0.2) is 72.8 Å². The lowest BCUT2D eigenvalue weighted by Crippen LogP contribution is -2.51. The summed E-state index contributed by atoms with van der Waals surface area (Å²) in [5.74, 6) is -0.477. The first-order chi connectivity index (χ1) is 16.6. The molecule has 1 atom stereocenters. The number of hydrogen-bond acceptors (Lipinski definition) is 4. The quantitative estimate of drug-likeness (QED) is 0.464. The highest BCUT2D eigenvalue weighted by Gasteiger charge is 2.30. The number of fused-ring (bicyclic) bond motifs is 1.